The Bertz CT molecular complexity index is 567. The number of nitrogens with zero attached hydrogens (tertiary/aromatic N) is 1. The van der Waals surface area contributed by atoms with Gasteiger partial charge in [0, 0.05) is 24.7 Å². The molecule has 0 fully saturated rings. The Morgan fingerprint density at radius 1 is 1.29 bits per heavy atom. The second kappa shape index (κ2) is 3.77. The Morgan fingerprint density at radius 3 is 2.47 bits per heavy atom. The fraction of sp³-hybridized carbons (Fsp3) is 0.333. The van der Waals surface area contributed by atoms with E-state index in [4.69, 9.17) is 5.73 Å². The Kier molecular flexibility index (Phi) is 2.66. The molecular weight excluding hydrogens is 229 g/mol. The van der Waals surface area contributed by atoms with Gasteiger partial charge in [0.1, 0.15) is 0 Å². The average Bonchev–Trinajstić information content (AvgIpc) is 2.50. The van der Waals surface area contributed by atoms with Crippen molar-refractivity contribution in [3.8, 4) is 0 Å². The summed E-state index contributed by atoms with van der Waals surface area (Å²) in [5, 5.41) is 0.585. The molecule has 0 aliphatic rings. The van der Waals surface area contributed by atoms with Crippen molar-refractivity contribution < 1.29 is 13.2 Å². The number of fused-ring (bicyclic) bond motifs is 1. The third-order valence-corrected chi connectivity index (χ3v) is 3.15. The summed E-state index contributed by atoms with van der Waals surface area (Å²) in [6.45, 7) is 2.02. The van der Waals surface area contributed by atoms with E-state index in [1.165, 1.54) is 6.07 Å². The lowest BCUT2D eigenvalue weighted by Gasteiger charge is -2.10. The lowest BCUT2D eigenvalue weighted by atomic mass is 10.1. The number of hydrogen-bond acceptors (Lipinski definition) is 1. The number of aromatic nitrogens is 1. The Balaban J connectivity index is 2.91. The topological polar surface area (TPSA) is 30.9 Å². The zero-order valence-corrected chi connectivity index (χ0v) is 9.60. The van der Waals surface area contributed by atoms with Gasteiger partial charge < -0.3 is 10.3 Å². The van der Waals surface area contributed by atoms with E-state index >= 15 is 0 Å². The van der Waals surface area contributed by atoms with Crippen LogP contribution < -0.4 is 5.73 Å². The highest BCUT2D eigenvalue weighted by molar-refractivity contribution is 5.88. The van der Waals surface area contributed by atoms with Gasteiger partial charge in [-0.05, 0) is 18.6 Å². The Labute approximate surface area is 96.8 Å². The second-order valence-electron chi connectivity index (χ2n) is 4.03. The van der Waals surface area contributed by atoms with E-state index in [0.717, 1.165) is 17.3 Å². The van der Waals surface area contributed by atoms with Crippen LogP contribution in [0, 0.1) is 6.92 Å². The number of rotatable bonds is 1. The highest BCUT2D eigenvalue weighted by atomic mass is 19.4. The molecule has 5 heteroatoms. The van der Waals surface area contributed by atoms with Gasteiger partial charge in [0.2, 0.25) is 0 Å². The molecule has 0 radical (unpaired) electrons. The van der Waals surface area contributed by atoms with Crippen molar-refractivity contribution in [2.24, 2.45) is 12.8 Å². The molecule has 0 spiro atoms. The van der Waals surface area contributed by atoms with Crippen LogP contribution in [-0.4, -0.2) is 4.57 Å². The molecule has 2 N–H and O–H groups in total. The molecule has 17 heavy (non-hydrogen) atoms. The quantitative estimate of drug-likeness (QED) is 0.818. The van der Waals surface area contributed by atoms with Crippen LogP contribution in [0.1, 0.15) is 16.8 Å². The molecule has 0 amide bonds. The maximum atomic E-state index is 12.9. The van der Waals surface area contributed by atoms with E-state index in [2.05, 4.69) is 0 Å². The van der Waals surface area contributed by atoms with Gasteiger partial charge in [-0.25, -0.2) is 0 Å². The number of benzene rings is 1. The zero-order chi connectivity index (χ0) is 12.8. The third-order valence-electron chi connectivity index (χ3n) is 3.15. The van der Waals surface area contributed by atoms with Crippen molar-refractivity contribution in [2.75, 3.05) is 0 Å². The van der Waals surface area contributed by atoms with E-state index in [-0.39, 0.29) is 12.1 Å². The van der Waals surface area contributed by atoms with E-state index in [9.17, 15) is 13.2 Å². The van der Waals surface area contributed by atoms with Crippen molar-refractivity contribution in [3.05, 3.63) is 35.0 Å². The van der Waals surface area contributed by atoms with Crippen LogP contribution in [0.25, 0.3) is 10.9 Å². The molecule has 92 valence electrons. The number of halogens is 3. The van der Waals surface area contributed by atoms with Gasteiger partial charge in [0.25, 0.3) is 0 Å². The molecule has 1 aromatic heterocycles. The summed E-state index contributed by atoms with van der Waals surface area (Å²) in [5.74, 6) is 0. The number of nitrogens with two attached hydrogens (primary N) is 1. The number of aryl methyl sites for hydroxylation is 1. The second-order valence-corrected chi connectivity index (χ2v) is 4.03. The molecule has 2 nitrogen and oxygen atoms in total. The van der Waals surface area contributed by atoms with Gasteiger partial charge >= 0.3 is 6.18 Å². The minimum absolute atomic E-state index is 0.206. The van der Waals surface area contributed by atoms with Crippen LogP contribution in [0.5, 0.6) is 0 Å². The number of hydrogen-bond donors (Lipinski definition) is 1. The molecule has 0 unspecified atom stereocenters. The van der Waals surface area contributed by atoms with E-state index in [1.807, 2.05) is 0 Å². The summed E-state index contributed by atoms with van der Waals surface area (Å²) < 4.78 is 40.3. The van der Waals surface area contributed by atoms with Gasteiger partial charge in [0.15, 0.2) is 0 Å². The molecule has 0 saturated heterocycles. The highest BCUT2D eigenvalue weighted by Crippen LogP contribution is 2.37. The summed E-state index contributed by atoms with van der Waals surface area (Å²) >= 11 is 0. The molecule has 1 aromatic carbocycles. The molecular formula is C12H13F3N2. The van der Waals surface area contributed by atoms with Crippen molar-refractivity contribution in [3.63, 3.8) is 0 Å². The molecule has 1 heterocycles. The molecule has 2 rings (SSSR count). The van der Waals surface area contributed by atoms with Gasteiger partial charge in [-0.15, -0.1) is 0 Å². The molecule has 0 aliphatic heterocycles. The standard InChI is InChI=1S/C12H13F3N2/c1-7-9(6-16)8-4-3-5-10(12(13,14)15)11(8)17(7)2/h3-5H,6,16H2,1-2H3. The van der Waals surface area contributed by atoms with Crippen LogP contribution in [0.15, 0.2) is 18.2 Å². The smallest absolute Gasteiger partial charge is 0.347 e. The average molecular weight is 242 g/mol. The number of alkyl halides is 3. The maximum Gasteiger partial charge on any atom is 0.418 e. The predicted molar refractivity (Wildman–Crippen MR) is 60.5 cm³/mol. The first-order valence-corrected chi connectivity index (χ1v) is 5.22. The first-order valence-electron chi connectivity index (χ1n) is 5.22. The van der Waals surface area contributed by atoms with Crippen LogP contribution >= 0.6 is 0 Å². The summed E-state index contributed by atoms with van der Waals surface area (Å²) in [6.07, 6.45) is -4.34. The summed E-state index contributed by atoms with van der Waals surface area (Å²) in [4.78, 5) is 0. The largest absolute Gasteiger partial charge is 0.418 e. The van der Waals surface area contributed by atoms with E-state index < -0.39 is 11.7 Å². The van der Waals surface area contributed by atoms with Crippen LogP contribution in [0.4, 0.5) is 13.2 Å². The summed E-state index contributed by atoms with van der Waals surface area (Å²) in [5.41, 5.74) is 6.74. The molecule has 2 aromatic rings. The van der Waals surface area contributed by atoms with E-state index in [0.29, 0.717) is 5.39 Å². The van der Waals surface area contributed by atoms with Gasteiger partial charge in [-0.2, -0.15) is 13.2 Å². The summed E-state index contributed by atoms with van der Waals surface area (Å²) in [6, 6.07) is 4.20. The zero-order valence-electron chi connectivity index (χ0n) is 9.60. The maximum absolute atomic E-state index is 12.9. The summed E-state index contributed by atoms with van der Waals surface area (Å²) in [7, 11) is 1.63. The van der Waals surface area contributed by atoms with Crippen molar-refractivity contribution >= 4 is 10.9 Å². The van der Waals surface area contributed by atoms with Gasteiger partial charge in [-0.1, -0.05) is 12.1 Å². The predicted octanol–water partition coefficient (Wildman–Crippen LogP) is 2.96. The van der Waals surface area contributed by atoms with Crippen molar-refractivity contribution in [1.82, 2.24) is 4.57 Å². The fourth-order valence-corrected chi connectivity index (χ4v) is 2.20. The minimum Gasteiger partial charge on any atom is -0.347 e. The number of para-hydroxylation sites is 1. The van der Waals surface area contributed by atoms with E-state index in [1.54, 1.807) is 24.6 Å². The minimum atomic E-state index is -4.34. The van der Waals surface area contributed by atoms with Gasteiger partial charge in [-0.3, -0.25) is 0 Å². The highest BCUT2D eigenvalue weighted by Gasteiger charge is 2.34. The van der Waals surface area contributed by atoms with Crippen molar-refractivity contribution in [2.45, 2.75) is 19.6 Å². The lowest BCUT2D eigenvalue weighted by molar-refractivity contribution is -0.136. The SMILES string of the molecule is Cc1c(CN)c2cccc(C(F)(F)F)c2n1C. The van der Waals surface area contributed by atoms with Crippen LogP contribution in [0.3, 0.4) is 0 Å². The molecule has 0 saturated carbocycles. The Morgan fingerprint density at radius 2 is 1.94 bits per heavy atom. The normalized spacial score (nSPS) is 12.4. The molecule has 0 atom stereocenters. The lowest BCUT2D eigenvalue weighted by Crippen LogP contribution is -2.07. The van der Waals surface area contributed by atoms with Gasteiger partial charge in [0.05, 0.1) is 11.1 Å². The fourth-order valence-electron chi connectivity index (χ4n) is 2.20. The molecule has 0 aliphatic carbocycles. The monoisotopic (exact) mass is 242 g/mol. The first-order chi connectivity index (χ1) is 7.88. The Hall–Kier alpha value is -1.49. The van der Waals surface area contributed by atoms with Crippen LogP contribution in [-0.2, 0) is 19.8 Å². The first kappa shape index (κ1) is 12.0. The van der Waals surface area contributed by atoms with Crippen LogP contribution in [0.2, 0.25) is 0 Å². The van der Waals surface area contributed by atoms with Crippen molar-refractivity contribution in [1.29, 1.82) is 0 Å². The molecule has 0 bridgehead atoms. The third kappa shape index (κ3) is 1.70.